The summed E-state index contributed by atoms with van der Waals surface area (Å²) in [6, 6.07) is 6.17. The first-order valence-electron chi connectivity index (χ1n) is 4.12. The molecule has 0 amide bonds. The SMILES string of the molecule is Cc1ccc(CC2CO2)c(Cl)c1. The molecule has 0 saturated carbocycles. The van der Waals surface area contributed by atoms with Gasteiger partial charge in [-0.05, 0) is 24.1 Å². The Labute approximate surface area is 77.3 Å². The lowest BCUT2D eigenvalue weighted by Crippen LogP contribution is -1.93. The van der Waals surface area contributed by atoms with E-state index < -0.39 is 0 Å². The number of ether oxygens (including phenoxy) is 1. The maximum absolute atomic E-state index is 6.05. The molecule has 0 bridgehead atoms. The molecule has 0 aliphatic carbocycles. The number of aryl methyl sites for hydroxylation is 1. The Bertz CT molecular complexity index is 292. The molecule has 0 aromatic heterocycles. The van der Waals surface area contributed by atoms with Gasteiger partial charge in [0.15, 0.2) is 0 Å². The maximum Gasteiger partial charge on any atom is 0.0850 e. The Hall–Kier alpha value is -0.530. The molecule has 2 rings (SSSR count). The summed E-state index contributed by atoms with van der Waals surface area (Å²) >= 11 is 6.05. The van der Waals surface area contributed by atoms with Gasteiger partial charge < -0.3 is 4.74 Å². The molecule has 0 radical (unpaired) electrons. The van der Waals surface area contributed by atoms with Crippen molar-refractivity contribution in [3.63, 3.8) is 0 Å². The van der Waals surface area contributed by atoms with E-state index in [2.05, 4.69) is 12.1 Å². The van der Waals surface area contributed by atoms with Crippen LogP contribution in [0.3, 0.4) is 0 Å². The minimum Gasteiger partial charge on any atom is -0.373 e. The summed E-state index contributed by atoms with van der Waals surface area (Å²) in [6.45, 7) is 2.94. The molecule has 1 saturated heterocycles. The van der Waals surface area contributed by atoms with Crippen molar-refractivity contribution in [2.75, 3.05) is 6.61 Å². The summed E-state index contributed by atoms with van der Waals surface area (Å²) in [7, 11) is 0. The fourth-order valence-corrected chi connectivity index (χ4v) is 1.56. The summed E-state index contributed by atoms with van der Waals surface area (Å²) in [6.07, 6.45) is 1.38. The van der Waals surface area contributed by atoms with Crippen LogP contribution in [0.5, 0.6) is 0 Å². The summed E-state index contributed by atoms with van der Waals surface area (Å²) in [5, 5.41) is 0.866. The molecule has 1 aromatic carbocycles. The summed E-state index contributed by atoms with van der Waals surface area (Å²) in [5.74, 6) is 0. The number of hydrogen-bond donors (Lipinski definition) is 0. The average molecular weight is 183 g/mol. The standard InChI is InChI=1S/C10H11ClO/c1-7-2-3-8(10(11)4-7)5-9-6-12-9/h2-4,9H,5-6H2,1H3. The van der Waals surface area contributed by atoms with Crippen molar-refractivity contribution in [3.05, 3.63) is 34.3 Å². The summed E-state index contributed by atoms with van der Waals surface area (Å²) in [4.78, 5) is 0. The lowest BCUT2D eigenvalue weighted by Gasteiger charge is -2.02. The quantitative estimate of drug-likeness (QED) is 0.641. The van der Waals surface area contributed by atoms with Crippen LogP contribution in [0.2, 0.25) is 5.02 Å². The van der Waals surface area contributed by atoms with E-state index in [0.29, 0.717) is 6.10 Å². The molecule has 64 valence electrons. The average Bonchev–Trinajstić information content (AvgIpc) is 2.79. The first-order valence-corrected chi connectivity index (χ1v) is 4.50. The highest BCUT2D eigenvalue weighted by molar-refractivity contribution is 6.31. The van der Waals surface area contributed by atoms with Crippen LogP contribution in [0.15, 0.2) is 18.2 Å². The highest BCUT2D eigenvalue weighted by Gasteiger charge is 2.23. The normalized spacial score (nSPS) is 21.0. The van der Waals surface area contributed by atoms with E-state index in [9.17, 15) is 0 Å². The Morgan fingerprint density at radius 2 is 2.33 bits per heavy atom. The second kappa shape index (κ2) is 3.08. The van der Waals surface area contributed by atoms with Crippen LogP contribution >= 0.6 is 11.6 Å². The van der Waals surface area contributed by atoms with E-state index in [-0.39, 0.29) is 0 Å². The van der Waals surface area contributed by atoms with Gasteiger partial charge in [-0.2, -0.15) is 0 Å². The van der Waals surface area contributed by atoms with Gasteiger partial charge in [0.25, 0.3) is 0 Å². The van der Waals surface area contributed by atoms with Crippen LogP contribution in [0.25, 0.3) is 0 Å². The van der Waals surface area contributed by atoms with Gasteiger partial charge >= 0.3 is 0 Å². The van der Waals surface area contributed by atoms with E-state index in [0.717, 1.165) is 18.1 Å². The number of epoxide rings is 1. The molecule has 0 spiro atoms. The van der Waals surface area contributed by atoms with Gasteiger partial charge in [-0.25, -0.2) is 0 Å². The van der Waals surface area contributed by atoms with Crippen LogP contribution in [-0.4, -0.2) is 12.7 Å². The van der Waals surface area contributed by atoms with Crippen molar-refractivity contribution < 1.29 is 4.74 Å². The lowest BCUT2D eigenvalue weighted by atomic mass is 10.1. The molecule has 12 heavy (non-hydrogen) atoms. The Morgan fingerprint density at radius 1 is 1.58 bits per heavy atom. The van der Waals surface area contributed by atoms with Crippen LogP contribution < -0.4 is 0 Å². The van der Waals surface area contributed by atoms with E-state index in [4.69, 9.17) is 16.3 Å². The zero-order valence-corrected chi connectivity index (χ0v) is 7.77. The van der Waals surface area contributed by atoms with Crippen LogP contribution in [0, 0.1) is 6.92 Å². The summed E-state index contributed by atoms with van der Waals surface area (Å²) < 4.78 is 5.14. The highest BCUT2D eigenvalue weighted by atomic mass is 35.5. The third kappa shape index (κ3) is 1.79. The van der Waals surface area contributed by atoms with Crippen LogP contribution in [0.1, 0.15) is 11.1 Å². The minimum atomic E-state index is 0.421. The number of halogens is 1. The second-order valence-corrected chi connectivity index (χ2v) is 3.66. The van der Waals surface area contributed by atoms with Gasteiger partial charge in [0.1, 0.15) is 0 Å². The topological polar surface area (TPSA) is 12.5 Å². The fourth-order valence-electron chi connectivity index (χ4n) is 1.25. The molecular weight excluding hydrogens is 172 g/mol. The minimum absolute atomic E-state index is 0.421. The maximum atomic E-state index is 6.05. The largest absolute Gasteiger partial charge is 0.373 e. The molecule has 2 heteroatoms. The van der Waals surface area contributed by atoms with E-state index in [1.54, 1.807) is 0 Å². The Kier molecular flexibility index (Phi) is 2.07. The third-order valence-electron chi connectivity index (χ3n) is 2.06. The number of rotatable bonds is 2. The van der Waals surface area contributed by atoms with Gasteiger partial charge in [0, 0.05) is 11.4 Å². The van der Waals surface area contributed by atoms with Crippen molar-refractivity contribution in [2.45, 2.75) is 19.4 Å². The number of hydrogen-bond acceptors (Lipinski definition) is 1. The van der Waals surface area contributed by atoms with E-state index in [1.165, 1.54) is 11.1 Å². The Morgan fingerprint density at radius 3 is 2.92 bits per heavy atom. The third-order valence-corrected chi connectivity index (χ3v) is 2.41. The van der Waals surface area contributed by atoms with Crippen molar-refractivity contribution in [3.8, 4) is 0 Å². The van der Waals surface area contributed by atoms with Crippen molar-refractivity contribution >= 4 is 11.6 Å². The molecular formula is C10H11ClO. The molecule has 1 aromatic rings. The van der Waals surface area contributed by atoms with Crippen LogP contribution in [-0.2, 0) is 11.2 Å². The molecule has 1 aliphatic rings. The predicted molar refractivity (Wildman–Crippen MR) is 49.6 cm³/mol. The first-order chi connectivity index (χ1) is 5.75. The zero-order valence-electron chi connectivity index (χ0n) is 7.01. The lowest BCUT2D eigenvalue weighted by molar-refractivity contribution is 0.407. The molecule has 1 aliphatic heterocycles. The monoisotopic (exact) mass is 182 g/mol. The highest BCUT2D eigenvalue weighted by Crippen LogP contribution is 2.23. The molecule has 1 fully saturated rings. The second-order valence-electron chi connectivity index (χ2n) is 3.25. The number of benzene rings is 1. The van der Waals surface area contributed by atoms with Gasteiger partial charge in [0.05, 0.1) is 12.7 Å². The van der Waals surface area contributed by atoms with Gasteiger partial charge in [-0.1, -0.05) is 23.7 Å². The fraction of sp³-hybridized carbons (Fsp3) is 0.400. The zero-order chi connectivity index (χ0) is 8.55. The van der Waals surface area contributed by atoms with Crippen molar-refractivity contribution in [2.24, 2.45) is 0 Å². The van der Waals surface area contributed by atoms with Gasteiger partial charge in [0.2, 0.25) is 0 Å². The molecule has 1 atom stereocenters. The van der Waals surface area contributed by atoms with E-state index >= 15 is 0 Å². The molecule has 0 N–H and O–H groups in total. The predicted octanol–water partition coefficient (Wildman–Crippen LogP) is 2.59. The van der Waals surface area contributed by atoms with E-state index in [1.807, 2.05) is 13.0 Å². The van der Waals surface area contributed by atoms with Crippen molar-refractivity contribution in [1.29, 1.82) is 0 Å². The first kappa shape index (κ1) is 8.09. The smallest absolute Gasteiger partial charge is 0.0850 e. The Balaban J connectivity index is 2.18. The van der Waals surface area contributed by atoms with Gasteiger partial charge in [-0.15, -0.1) is 0 Å². The molecule has 1 unspecified atom stereocenters. The molecule has 1 nitrogen and oxygen atoms in total. The summed E-state index contributed by atoms with van der Waals surface area (Å²) in [5.41, 5.74) is 2.41. The van der Waals surface area contributed by atoms with Crippen molar-refractivity contribution in [1.82, 2.24) is 0 Å². The van der Waals surface area contributed by atoms with Crippen LogP contribution in [0.4, 0.5) is 0 Å². The van der Waals surface area contributed by atoms with Gasteiger partial charge in [-0.3, -0.25) is 0 Å². The molecule has 1 heterocycles.